The van der Waals surface area contributed by atoms with Gasteiger partial charge in [-0.15, -0.1) is 0 Å². The normalized spacial score (nSPS) is 14.6. The number of nitriles is 1. The van der Waals surface area contributed by atoms with Gasteiger partial charge in [0.25, 0.3) is 0 Å². The molecule has 196 valence electrons. The Balaban J connectivity index is 1.69. The van der Waals surface area contributed by atoms with Crippen LogP contribution in [0.4, 0.5) is 15.8 Å². The van der Waals surface area contributed by atoms with E-state index in [0.717, 1.165) is 44.1 Å². The Labute approximate surface area is 223 Å². The van der Waals surface area contributed by atoms with Gasteiger partial charge < -0.3 is 10.6 Å². The summed E-state index contributed by atoms with van der Waals surface area (Å²) in [7, 11) is 0. The molecule has 1 aliphatic carbocycles. The first-order valence-electron chi connectivity index (χ1n) is 13.1. The smallest absolute Gasteiger partial charge is 0.248 e. The number of carbonyl (C=O) groups is 2. The Morgan fingerprint density at radius 2 is 1.71 bits per heavy atom. The summed E-state index contributed by atoms with van der Waals surface area (Å²) in [5.41, 5.74) is 3.03. The summed E-state index contributed by atoms with van der Waals surface area (Å²) >= 11 is 0. The zero-order chi connectivity index (χ0) is 26.9. The van der Waals surface area contributed by atoms with Crippen LogP contribution in [0.15, 0.2) is 72.8 Å². The molecule has 2 N–H and O–H groups in total. The summed E-state index contributed by atoms with van der Waals surface area (Å²) < 4.78 is 14.4. The van der Waals surface area contributed by atoms with Gasteiger partial charge in [-0.25, -0.2) is 4.39 Å². The number of anilines is 2. The maximum Gasteiger partial charge on any atom is 0.248 e. The molecule has 0 bridgehead atoms. The fourth-order valence-corrected chi connectivity index (χ4v) is 4.98. The Morgan fingerprint density at radius 3 is 2.37 bits per heavy atom. The van der Waals surface area contributed by atoms with Gasteiger partial charge in [-0.1, -0.05) is 56.0 Å². The summed E-state index contributed by atoms with van der Waals surface area (Å²) in [5.74, 6) is -1.15. The van der Waals surface area contributed by atoms with Crippen molar-refractivity contribution < 1.29 is 14.0 Å². The monoisotopic (exact) mass is 512 g/mol. The molecule has 1 atom stereocenters. The van der Waals surface area contributed by atoms with Crippen molar-refractivity contribution in [3.8, 4) is 6.07 Å². The van der Waals surface area contributed by atoms with E-state index in [-0.39, 0.29) is 24.4 Å². The van der Waals surface area contributed by atoms with E-state index in [2.05, 4.69) is 16.7 Å². The molecule has 0 aromatic heterocycles. The number of carbonyl (C=O) groups excluding carboxylic acids is 2. The molecule has 0 heterocycles. The third-order valence-electron chi connectivity index (χ3n) is 7.00. The highest BCUT2D eigenvalue weighted by Gasteiger charge is 2.34. The van der Waals surface area contributed by atoms with Gasteiger partial charge in [0.05, 0.1) is 18.2 Å². The molecule has 1 aliphatic rings. The number of rotatable bonds is 8. The highest BCUT2D eigenvalue weighted by Crippen LogP contribution is 2.31. The molecular weight excluding hydrogens is 479 g/mol. The third kappa shape index (κ3) is 6.77. The number of benzene rings is 3. The maximum absolute atomic E-state index is 14.4. The number of aryl methyl sites for hydroxylation is 1. The van der Waals surface area contributed by atoms with E-state index >= 15 is 0 Å². The molecule has 0 saturated heterocycles. The largest absolute Gasteiger partial charge is 0.376 e. The molecule has 4 rings (SSSR count). The van der Waals surface area contributed by atoms with Crippen molar-refractivity contribution in [2.24, 2.45) is 0 Å². The van der Waals surface area contributed by atoms with E-state index < -0.39 is 11.9 Å². The molecule has 1 saturated carbocycles. The van der Waals surface area contributed by atoms with Gasteiger partial charge in [-0.3, -0.25) is 14.5 Å². The van der Waals surface area contributed by atoms with Crippen molar-refractivity contribution in [2.75, 3.05) is 16.8 Å². The van der Waals surface area contributed by atoms with Crippen molar-refractivity contribution in [1.82, 2.24) is 5.32 Å². The standard InChI is InChI=1S/C31H33FN4O2/c1-22-9-6-7-14-28(22)30(31(38)35-26-11-4-2-3-5-12-26)36(27-13-8-10-24(32)19-27)29(37)21-34-25-17-15-23(20-33)16-18-25/h6-10,13-19,26,30,34H,2-5,11-12,21H2,1H3,(H,35,38). The molecule has 0 radical (unpaired) electrons. The van der Waals surface area contributed by atoms with E-state index in [9.17, 15) is 14.0 Å². The van der Waals surface area contributed by atoms with Crippen molar-refractivity contribution in [2.45, 2.75) is 57.5 Å². The Hall–Kier alpha value is -4.18. The lowest BCUT2D eigenvalue weighted by molar-refractivity contribution is -0.126. The van der Waals surface area contributed by atoms with Crippen LogP contribution >= 0.6 is 0 Å². The first-order chi connectivity index (χ1) is 18.5. The highest BCUT2D eigenvalue weighted by molar-refractivity contribution is 6.03. The average Bonchev–Trinajstić information content (AvgIpc) is 3.19. The van der Waals surface area contributed by atoms with Gasteiger partial charge in [0.2, 0.25) is 11.8 Å². The fourth-order valence-electron chi connectivity index (χ4n) is 4.98. The topological polar surface area (TPSA) is 85.2 Å². The van der Waals surface area contributed by atoms with Gasteiger partial charge >= 0.3 is 0 Å². The SMILES string of the molecule is Cc1ccccc1C(C(=O)NC1CCCCCC1)N(C(=O)CNc1ccc(C#N)cc1)c1cccc(F)c1. The zero-order valence-electron chi connectivity index (χ0n) is 21.6. The van der Waals surface area contributed by atoms with Crippen LogP contribution in [0.2, 0.25) is 0 Å². The average molecular weight is 513 g/mol. The lowest BCUT2D eigenvalue weighted by Gasteiger charge is -2.33. The molecule has 3 aromatic rings. The van der Waals surface area contributed by atoms with Crippen LogP contribution in [0, 0.1) is 24.1 Å². The fraction of sp³-hybridized carbons (Fsp3) is 0.323. The van der Waals surface area contributed by atoms with Crippen LogP contribution < -0.4 is 15.5 Å². The van der Waals surface area contributed by atoms with Gasteiger partial charge in [-0.05, 0) is 73.4 Å². The predicted octanol–water partition coefficient (Wildman–Crippen LogP) is 6.03. The highest BCUT2D eigenvalue weighted by atomic mass is 19.1. The third-order valence-corrected chi connectivity index (χ3v) is 7.00. The number of nitrogens with one attached hydrogen (secondary N) is 2. The van der Waals surface area contributed by atoms with Crippen molar-refractivity contribution in [1.29, 1.82) is 5.26 Å². The summed E-state index contributed by atoms with van der Waals surface area (Å²) in [6.07, 6.45) is 6.23. The first-order valence-corrected chi connectivity index (χ1v) is 13.1. The molecule has 6 nitrogen and oxygen atoms in total. The minimum absolute atomic E-state index is 0.0396. The van der Waals surface area contributed by atoms with E-state index in [1.807, 2.05) is 31.2 Å². The lowest BCUT2D eigenvalue weighted by atomic mass is 9.97. The van der Waals surface area contributed by atoms with Crippen LogP contribution in [-0.4, -0.2) is 24.4 Å². The van der Waals surface area contributed by atoms with Gasteiger partial charge in [0, 0.05) is 17.4 Å². The van der Waals surface area contributed by atoms with Crippen molar-refractivity contribution in [3.05, 3.63) is 95.3 Å². The number of halogens is 1. The van der Waals surface area contributed by atoms with Gasteiger partial charge in [0.1, 0.15) is 11.9 Å². The molecular formula is C31H33FN4O2. The summed E-state index contributed by atoms with van der Waals surface area (Å²) in [6, 6.07) is 21.2. The number of nitrogens with zero attached hydrogens (tertiary/aromatic N) is 2. The molecule has 1 fully saturated rings. The lowest BCUT2D eigenvalue weighted by Crippen LogP contribution is -2.48. The second kappa shape index (κ2) is 12.9. The molecule has 3 aromatic carbocycles. The summed E-state index contributed by atoms with van der Waals surface area (Å²) in [6.45, 7) is 1.78. The minimum atomic E-state index is -0.975. The second-order valence-corrected chi connectivity index (χ2v) is 9.74. The number of hydrogen-bond acceptors (Lipinski definition) is 4. The molecule has 1 unspecified atom stereocenters. The molecule has 2 amide bonds. The summed E-state index contributed by atoms with van der Waals surface area (Å²) in [5, 5.41) is 15.3. The number of hydrogen-bond donors (Lipinski definition) is 2. The van der Waals surface area contributed by atoms with Crippen molar-refractivity contribution >= 4 is 23.2 Å². The van der Waals surface area contributed by atoms with E-state index in [0.29, 0.717) is 22.5 Å². The predicted molar refractivity (Wildman–Crippen MR) is 147 cm³/mol. The quantitative estimate of drug-likeness (QED) is 0.361. The Kier molecular flexibility index (Phi) is 9.10. The maximum atomic E-state index is 14.4. The molecule has 0 spiro atoms. The number of amides is 2. The van der Waals surface area contributed by atoms with Crippen molar-refractivity contribution in [3.63, 3.8) is 0 Å². The first kappa shape index (κ1) is 26.9. The minimum Gasteiger partial charge on any atom is -0.376 e. The Bertz CT molecular complexity index is 1290. The van der Waals surface area contributed by atoms with Gasteiger partial charge in [-0.2, -0.15) is 5.26 Å². The Morgan fingerprint density at radius 1 is 1.00 bits per heavy atom. The van der Waals surface area contributed by atoms with E-state index in [4.69, 9.17) is 5.26 Å². The second-order valence-electron chi connectivity index (χ2n) is 9.74. The van der Waals surface area contributed by atoms with Crippen LogP contribution in [0.1, 0.15) is 61.3 Å². The van der Waals surface area contributed by atoms with Crippen LogP contribution in [-0.2, 0) is 9.59 Å². The van der Waals surface area contributed by atoms with Gasteiger partial charge in [0.15, 0.2) is 0 Å². The van der Waals surface area contributed by atoms with Crippen LogP contribution in [0.25, 0.3) is 0 Å². The summed E-state index contributed by atoms with van der Waals surface area (Å²) in [4.78, 5) is 29.2. The molecule has 7 heteroatoms. The molecule has 0 aliphatic heterocycles. The van der Waals surface area contributed by atoms with E-state index in [1.54, 1.807) is 30.3 Å². The molecule has 38 heavy (non-hydrogen) atoms. The van der Waals surface area contributed by atoms with Crippen LogP contribution in [0.3, 0.4) is 0 Å². The zero-order valence-corrected chi connectivity index (χ0v) is 21.6. The van der Waals surface area contributed by atoms with Crippen LogP contribution in [0.5, 0.6) is 0 Å². The van der Waals surface area contributed by atoms with E-state index in [1.165, 1.54) is 23.1 Å².